The van der Waals surface area contributed by atoms with E-state index >= 15 is 0 Å². The van der Waals surface area contributed by atoms with Crippen LogP contribution in [0.5, 0.6) is 5.75 Å². The molecule has 0 saturated heterocycles. The minimum Gasteiger partial charge on any atom is -0.493 e. The number of halogens is 1. The number of aromatic nitrogens is 2. The summed E-state index contributed by atoms with van der Waals surface area (Å²) in [4.78, 5) is 8.04. The Balaban J connectivity index is 1.76. The highest BCUT2D eigenvalue weighted by Gasteiger charge is 2.01. The van der Waals surface area contributed by atoms with Crippen molar-refractivity contribution < 1.29 is 9.13 Å². The van der Waals surface area contributed by atoms with Crippen LogP contribution >= 0.6 is 11.8 Å². The predicted octanol–water partition coefficient (Wildman–Crippen LogP) is 2.37. The number of anilines is 1. The topological polar surface area (TPSA) is 61.0 Å². The second-order valence-corrected chi connectivity index (χ2v) is 4.48. The maximum atomic E-state index is 12.7. The van der Waals surface area contributed by atoms with Gasteiger partial charge in [-0.1, -0.05) is 11.8 Å². The third-order valence-electron chi connectivity index (χ3n) is 2.10. The summed E-state index contributed by atoms with van der Waals surface area (Å²) in [6.45, 7) is 0.492. The number of benzene rings is 1. The number of rotatable bonds is 5. The van der Waals surface area contributed by atoms with Gasteiger partial charge in [0.2, 0.25) is 0 Å². The van der Waals surface area contributed by atoms with Gasteiger partial charge >= 0.3 is 0 Å². The fourth-order valence-corrected chi connectivity index (χ4v) is 1.97. The molecular weight excluding hydrogens is 253 g/mol. The van der Waals surface area contributed by atoms with Gasteiger partial charge in [-0.3, -0.25) is 0 Å². The maximum absolute atomic E-state index is 12.7. The SMILES string of the molecule is Nc1nccnc1SCCOc1ccc(F)cc1. The molecule has 0 aliphatic carbocycles. The van der Waals surface area contributed by atoms with E-state index in [2.05, 4.69) is 9.97 Å². The monoisotopic (exact) mass is 265 g/mol. The molecule has 18 heavy (non-hydrogen) atoms. The molecule has 0 unspecified atom stereocenters. The van der Waals surface area contributed by atoms with Gasteiger partial charge in [0.15, 0.2) is 5.82 Å². The van der Waals surface area contributed by atoms with Crippen LogP contribution in [0.25, 0.3) is 0 Å². The third kappa shape index (κ3) is 3.59. The van der Waals surface area contributed by atoms with Crippen molar-refractivity contribution in [1.82, 2.24) is 9.97 Å². The van der Waals surface area contributed by atoms with Crippen molar-refractivity contribution in [3.8, 4) is 5.75 Å². The molecule has 2 aromatic rings. The highest BCUT2D eigenvalue weighted by atomic mass is 32.2. The molecule has 1 heterocycles. The molecule has 0 fully saturated rings. The van der Waals surface area contributed by atoms with Gasteiger partial charge in [0.05, 0.1) is 6.61 Å². The zero-order valence-corrected chi connectivity index (χ0v) is 10.4. The van der Waals surface area contributed by atoms with Gasteiger partial charge in [-0.05, 0) is 24.3 Å². The van der Waals surface area contributed by atoms with E-state index in [4.69, 9.17) is 10.5 Å². The van der Waals surface area contributed by atoms with Gasteiger partial charge in [0, 0.05) is 18.1 Å². The molecule has 4 nitrogen and oxygen atoms in total. The van der Waals surface area contributed by atoms with Crippen LogP contribution in [0.15, 0.2) is 41.7 Å². The molecule has 0 radical (unpaired) electrons. The molecule has 0 amide bonds. The van der Waals surface area contributed by atoms with Crippen molar-refractivity contribution in [2.24, 2.45) is 0 Å². The van der Waals surface area contributed by atoms with Crippen molar-refractivity contribution in [1.29, 1.82) is 0 Å². The van der Waals surface area contributed by atoms with Gasteiger partial charge in [-0.15, -0.1) is 0 Å². The van der Waals surface area contributed by atoms with E-state index in [0.717, 1.165) is 0 Å². The van der Waals surface area contributed by atoms with E-state index in [1.807, 2.05) is 0 Å². The van der Waals surface area contributed by atoms with E-state index in [1.165, 1.54) is 23.9 Å². The second-order valence-electron chi connectivity index (χ2n) is 3.40. The summed E-state index contributed by atoms with van der Waals surface area (Å²) in [5.74, 6) is 1.48. The zero-order valence-electron chi connectivity index (χ0n) is 9.54. The molecule has 0 atom stereocenters. The normalized spacial score (nSPS) is 10.3. The van der Waals surface area contributed by atoms with E-state index in [1.54, 1.807) is 24.5 Å². The average molecular weight is 265 g/mol. The Hall–Kier alpha value is -1.82. The smallest absolute Gasteiger partial charge is 0.156 e. The molecule has 2 rings (SSSR count). The highest BCUT2D eigenvalue weighted by Crippen LogP contribution is 2.19. The van der Waals surface area contributed by atoms with E-state index in [0.29, 0.717) is 29.0 Å². The number of hydrogen-bond donors (Lipinski definition) is 1. The Morgan fingerprint density at radius 2 is 1.89 bits per heavy atom. The lowest BCUT2D eigenvalue weighted by molar-refractivity contribution is 0.343. The van der Waals surface area contributed by atoms with Crippen molar-refractivity contribution in [3.63, 3.8) is 0 Å². The highest BCUT2D eigenvalue weighted by molar-refractivity contribution is 7.99. The molecule has 1 aromatic carbocycles. The molecule has 94 valence electrons. The number of nitrogens with zero attached hydrogens (tertiary/aromatic N) is 2. The summed E-state index contributed by atoms with van der Waals surface area (Å²) in [5.41, 5.74) is 5.65. The summed E-state index contributed by atoms with van der Waals surface area (Å²) in [6, 6.07) is 5.92. The van der Waals surface area contributed by atoms with Crippen molar-refractivity contribution >= 4 is 17.6 Å². The number of nitrogens with two attached hydrogens (primary N) is 1. The summed E-state index contributed by atoms with van der Waals surface area (Å²) in [7, 11) is 0. The van der Waals surface area contributed by atoms with Gasteiger partial charge in [-0.2, -0.15) is 0 Å². The molecule has 0 aliphatic rings. The molecule has 6 heteroatoms. The lowest BCUT2D eigenvalue weighted by atomic mass is 10.3. The lowest BCUT2D eigenvalue weighted by Crippen LogP contribution is -2.02. The van der Waals surface area contributed by atoms with E-state index in [9.17, 15) is 4.39 Å². The van der Waals surface area contributed by atoms with Gasteiger partial charge in [-0.25, -0.2) is 14.4 Å². The number of thioether (sulfide) groups is 1. The van der Waals surface area contributed by atoms with Gasteiger partial charge < -0.3 is 10.5 Å². The summed E-state index contributed by atoms with van der Waals surface area (Å²) < 4.78 is 18.1. The fraction of sp³-hybridized carbons (Fsp3) is 0.167. The first-order chi connectivity index (χ1) is 8.75. The Bertz CT molecular complexity index is 507. The first-order valence-corrected chi connectivity index (χ1v) is 6.32. The van der Waals surface area contributed by atoms with Crippen molar-refractivity contribution in [2.45, 2.75) is 5.03 Å². The van der Waals surface area contributed by atoms with Crippen LogP contribution in [0, 0.1) is 5.82 Å². The van der Waals surface area contributed by atoms with Crippen LogP contribution in [0.4, 0.5) is 10.2 Å². The first-order valence-electron chi connectivity index (χ1n) is 5.33. The predicted molar refractivity (Wildman–Crippen MR) is 69.1 cm³/mol. The summed E-state index contributed by atoms with van der Waals surface area (Å²) >= 11 is 1.47. The number of ether oxygens (including phenoxy) is 1. The Labute approximate surface area is 108 Å². The van der Waals surface area contributed by atoms with Gasteiger partial charge in [0.1, 0.15) is 16.6 Å². The lowest BCUT2D eigenvalue weighted by Gasteiger charge is -2.06. The van der Waals surface area contributed by atoms with Crippen molar-refractivity contribution in [2.75, 3.05) is 18.1 Å². The van der Waals surface area contributed by atoms with Crippen LogP contribution in [0.3, 0.4) is 0 Å². The Morgan fingerprint density at radius 3 is 2.61 bits per heavy atom. The van der Waals surface area contributed by atoms with Crippen LogP contribution in [-0.2, 0) is 0 Å². The van der Waals surface area contributed by atoms with Crippen LogP contribution < -0.4 is 10.5 Å². The van der Waals surface area contributed by atoms with Crippen LogP contribution in [0.1, 0.15) is 0 Å². The average Bonchev–Trinajstić information content (AvgIpc) is 2.39. The van der Waals surface area contributed by atoms with Crippen molar-refractivity contribution in [3.05, 3.63) is 42.5 Å². The largest absolute Gasteiger partial charge is 0.493 e. The number of hydrogen-bond acceptors (Lipinski definition) is 5. The minimum absolute atomic E-state index is 0.274. The molecule has 0 spiro atoms. The van der Waals surface area contributed by atoms with Gasteiger partial charge in [0.25, 0.3) is 0 Å². The van der Waals surface area contributed by atoms with E-state index in [-0.39, 0.29) is 5.82 Å². The minimum atomic E-state index is -0.274. The number of nitrogen functional groups attached to an aromatic ring is 1. The van der Waals surface area contributed by atoms with Crippen LogP contribution in [-0.4, -0.2) is 22.3 Å². The zero-order chi connectivity index (χ0) is 12.8. The summed E-state index contributed by atoms with van der Waals surface area (Å²) in [6.07, 6.45) is 3.15. The Morgan fingerprint density at radius 1 is 1.17 bits per heavy atom. The standard InChI is InChI=1S/C12H12FN3OS/c13-9-1-3-10(4-2-9)17-7-8-18-12-11(14)15-5-6-16-12/h1-6H,7-8H2,(H2,14,15). The van der Waals surface area contributed by atoms with Crippen LogP contribution in [0.2, 0.25) is 0 Å². The maximum Gasteiger partial charge on any atom is 0.156 e. The molecular formula is C12H12FN3OS. The molecule has 0 saturated carbocycles. The first kappa shape index (κ1) is 12.6. The molecule has 1 aromatic heterocycles. The fourth-order valence-electron chi connectivity index (χ4n) is 1.28. The second kappa shape index (κ2) is 6.20. The van der Waals surface area contributed by atoms with E-state index < -0.39 is 0 Å². The molecule has 0 aliphatic heterocycles. The molecule has 2 N–H and O–H groups in total. The third-order valence-corrected chi connectivity index (χ3v) is 3.05. The quantitative estimate of drug-likeness (QED) is 0.664. The molecule has 0 bridgehead atoms. The Kier molecular flexibility index (Phi) is 4.35. The summed E-state index contributed by atoms with van der Waals surface area (Å²) in [5, 5.41) is 0.695.